The van der Waals surface area contributed by atoms with Crippen molar-refractivity contribution in [3.8, 4) is 0 Å². The van der Waals surface area contributed by atoms with Gasteiger partial charge in [0.2, 0.25) is 10.0 Å². The van der Waals surface area contributed by atoms with Crippen molar-refractivity contribution >= 4 is 21.4 Å². The number of hydrogen-bond acceptors (Lipinski definition) is 6. The molecule has 0 aliphatic heterocycles. The zero-order valence-electron chi connectivity index (χ0n) is 11.5. The van der Waals surface area contributed by atoms with E-state index in [1.807, 2.05) is 0 Å². The van der Waals surface area contributed by atoms with Crippen LogP contribution in [0, 0.1) is 6.92 Å². The number of rotatable bonds is 6. The number of nitrogens with two attached hydrogens (primary N) is 2. The number of nitrogens with one attached hydrogen (secondary N) is 1. The third-order valence-corrected chi connectivity index (χ3v) is 4.41. The second kappa shape index (κ2) is 5.96. The lowest BCUT2D eigenvalue weighted by Crippen LogP contribution is -2.45. The maximum absolute atomic E-state index is 11.5. The molecule has 0 saturated carbocycles. The predicted molar refractivity (Wildman–Crippen MR) is 77.8 cm³/mol. The van der Waals surface area contributed by atoms with Gasteiger partial charge in [0.1, 0.15) is 0 Å². The highest BCUT2D eigenvalue weighted by atomic mass is 32.2. The van der Waals surface area contributed by atoms with Crippen LogP contribution in [0.2, 0.25) is 0 Å². The molecule has 8 heteroatoms. The first-order valence-corrected chi connectivity index (χ1v) is 7.66. The molecule has 7 nitrogen and oxygen atoms in total. The van der Waals surface area contributed by atoms with Crippen LogP contribution in [0.1, 0.15) is 18.9 Å². The van der Waals surface area contributed by atoms with Gasteiger partial charge >= 0.3 is 0 Å². The van der Waals surface area contributed by atoms with Gasteiger partial charge in [-0.25, -0.2) is 13.6 Å². The summed E-state index contributed by atoms with van der Waals surface area (Å²) in [4.78, 5) is -0.0825. The lowest BCUT2D eigenvalue weighted by Gasteiger charge is -2.32. The lowest BCUT2D eigenvalue weighted by molar-refractivity contribution is 0.132. The summed E-state index contributed by atoms with van der Waals surface area (Å²) in [7, 11) is -3.90. The number of nitrogen functional groups attached to an aromatic ring is 1. The number of primary sulfonamides is 1. The molecule has 0 unspecified atom stereocenters. The number of benzene rings is 1. The number of hydrogen-bond donors (Lipinski definition) is 5. The van der Waals surface area contributed by atoms with Crippen molar-refractivity contribution in [3.05, 3.63) is 17.7 Å². The fourth-order valence-corrected chi connectivity index (χ4v) is 2.70. The average Bonchev–Trinajstić information content (AvgIpc) is 2.38. The first-order valence-electron chi connectivity index (χ1n) is 6.12. The van der Waals surface area contributed by atoms with Crippen LogP contribution in [0.25, 0.3) is 0 Å². The molecule has 1 aromatic rings. The Balaban J connectivity index is 3.37. The Bertz CT molecular complexity index is 574. The molecule has 0 aliphatic rings. The highest BCUT2D eigenvalue weighted by molar-refractivity contribution is 7.89. The SMILES string of the molecule is CCC(CO)(CO)Nc1cc(N)cc(S(N)(=O)=O)c1C. The van der Waals surface area contributed by atoms with E-state index < -0.39 is 15.6 Å². The van der Waals surface area contributed by atoms with Crippen molar-refractivity contribution in [1.82, 2.24) is 0 Å². The average molecular weight is 303 g/mol. The number of sulfonamides is 1. The third-order valence-electron chi connectivity index (χ3n) is 3.37. The maximum atomic E-state index is 11.5. The monoisotopic (exact) mass is 303 g/mol. The molecular formula is C12H21N3O4S. The lowest BCUT2D eigenvalue weighted by atomic mass is 9.97. The maximum Gasteiger partial charge on any atom is 0.238 e. The van der Waals surface area contributed by atoms with Gasteiger partial charge < -0.3 is 21.3 Å². The summed E-state index contributed by atoms with van der Waals surface area (Å²) in [6.45, 7) is 2.76. The van der Waals surface area contributed by atoms with Crippen molar-refractivity contribution in [2.24, 2.45) is 5.14 Å². The van der Waals surface area contributed by atoms with Gasteiger partial charge in [-0.1, -0.05) is 6.92 Å². The second-order valence-electron chi connectivity index (χ2n) is 4.81. The van der Waals surface area contributed by atoms with Crippen molar-refractivity contribution in [3.63, 3.8) is 0 Å². The molecule has 0 radical (unpaired) electrons. The molecular weight excluding hydrogens is 282 g/mol. The Morgan fingerprint density at radius 1 is 1.30 bits per heavy atom. The van der Waals surface area contributed by atoms with Crippen LogP contribution >= 0.6 is 0 Å². The van der Waals surface area contributed by atoms with E-state index in [1.165, 1.54) is 6.07 Å². The summed E-state index contributed by atoms with van der Waals surface area (Å²) in [6.07, 6.45) is 0.443. The Labute approximate surface area is 118 Å². The minimum atomic E-state index is -3.90. The molecule has 114 valence electrons. The van der Waals surface area contributed by atoms with Gasteiger partial charge in [-0.05, 0) is 31.0 Å². The van der Waals surface area contributed by atoms with Crippen LogP contribution in [0.5, 0.6) is 0 Å². The largest absolute Gasteiger partial charge is 0.399 e. The molecule has 7 N–H and O–H groups in total. The highest BCUT2D eigenvalue weighted by Crippen LogP contribution is 2.29. The molecule has 0 aliphatic carbocycles. The van der Waals surface area contributed by atoms with E-state index in [0.29, 0.717) is 17.7 Å². The van der Waals surface area contributed by atoms with Gasteiger partial charge in [0.25, 0.3) is 0 Å². The quantitative estimate of drug-likeness (QED) is 0.460. The molecule has 0 fully saturated rings. The smallest absolute Gasteiger partial charge is 0.238 e. The zero-order chi connectivity index (χ0) is 15.6. The van der Waals surface area contributed by atoms with Crippen molar-refractivity contribution in [1.29, 1.82) is 0 Å². The summed E-state index contributed by atoms with van der Waals surface area (Å²) in [5, 5.41) is 27.0. The van der Waals surface area contributed by atoms with Crippen molar-refractivity contribution < 1.29 is 18.6 Å². The van der Waals surface area contributed by atoms with Gasteiger partial charge in [-0.3, -0.25) is 0 Å². The fourth-order valence-electron chi connectivity index (χ4n) is 1.86. The summed E-state index contributed by atoms with van der Waals surface area (Å²) >= 11 is 0. The van der Waals surface area contributed by atoms with Crippen LogP contribution in [-0.2, 0) is 10.0 Å². The number of anilines is 2. The predicted octanol–water partition coefficient (Wildman–Crippen LogP) is -0.230. The Morgan fingerprint density at radius 3 is 2.25 bits per heavy atom. The molecule has 0 saturated heterocycles. The van der Waals surface area contributed by atoms with Crippen molar-refractivity contribution in [2.45, 2.75) is 30.7 Å². The molecule has 0 spiro atoms. The first kappa shape index (κ1) is 16.7. The van der Waals surface area contributed by atoms with Gasteiger partial charge in [0.05, 0.1) is 23.6 Å². The second-order valence-corrected chi connectivity index (χ2v) is 6.34. The highest BCUT2D eigenvalue weighted by Gasteiger charge is 2.28. The summed E-state index contributed by atoms with van der Waals surface area (Å²) in [5.74, 6) is 0. The molecule has 0 atom stereocenters. The minimum Gasteiger partial charge on any atom is -0.399 e. The van der Waals surface area contributed by atoms with Gasteiger partial charge in [-0.15, -0.1) is 0 Å². The minimum absolute atomic E-state index is 0.0825. The van der Waals surface area contributed by atoms with Gasteiger partial charge in [0, 0.05) is 11.4 Å². The molecule has 1 rings (SSSR count). The molecule has 1 aromatic carbocycles. The molecule has 0 aromatic heterocycles. The van der Waals surface area contributed by atoms with Crippen LogP contribution in [0.4, 0.5) is 11.4 Å². The van der Waals surface area contributed by atoms with E-state index in [-0.39, 0.29) is 23.8 Å². The van der Waals surface area contributed by atoms with E-state index in [2.05, 4.69) is 5.32 Å². The summed E-state index contributed by atoms with van der Waals surface area (Å²) in [6, 6.07) is 2.82. The van der Waals surface area contributed by atoms with Crippen LogP contribution in [0.3, 0.4) is 0 Å². The Hall–Kier alpha value is -1.35. The third kappa shape index (κ3) is 3.40. The fraction of sp³-hybridized carbons (Fsp3) is 0.500. The molecule has 20 heavy (non-hydrogen) atoms. The normalized spacial score (nSPS) is 12.4. The Morgan fingerprint density at radius 2 is 1.85 bits per heavy atom. The summed E-state index contributed by atoms with van der Waals surface area (Å²) in [5.41, 5.74) is 5.76. The topological polar surface area (TPSA) is 139 Å². The van der Waals surface area contributed by atoms with E-state index in [1.54, 1.807) is 19.9 Å². The first-order chi connectivity index (χ1) is 9.19. The Kier molecular flexibility index (Phi) is 4.98. The van der Waals surface area contributed by atoms with E-state index in [4.69, 9.17) is 10.9 Å². The number of aliphatic hydroxyl groups excluding tert-OH is 2. The van der Waals surface area contributed by atoms with Crippen LogP contribution < -0.4 is 16.2 Å². The zero-order valence-corrected chi connectivity index (χ0v) is 12.4. The van der Waals surface area contributed by atoms with Gasteiger partial charge in [0.15, 0.2) is 0 Å². The molecule has 0 heterocycles. The molecule has 0 amide bonds. The van der Waals surface area contributed by atoms with Gasteiger partial charge in [-0.2, -0.15) is 0 Å². The van der Waals surface area contributed by atoms with E-state index in [0.717, 1.165) is 0 Å². The summed E-state index contributed by atoms with van der Waals surface area (Å²) < 4.78 is 23.1. The van der Waals surface area contributed by atoms with Crippen LogP contribution in [0.15, 0.2) is 17.0 Å². The van der Waals surface area contributed by atoms with Crippen LogP contribution in [-0.4, -0.2) is 37.4 Å². The van der Waals surface area contributed by atoms with Crippen molar-refractivity contribution in [2.75, 3.05) is 24.3 Å². The molecule has 0 bridgehead atoms. The number of aliphatic hydroxyl groups is 2. The standard InChI is InChI=1S/C12H21N3O4S/c1-3-12(6-16,7-17)15-10-4-9(13)5-11(8(10)2)20(14,18)19/h4-5,15-17H,3,6-7,13H2,1-2H3,(H2,14,18,19). The van der Waals surface area contributed by atoms with E-state index >= 15 is 0 Å². The van der Waals surface area contributed by atoms with E-state index in [9.17, 15) is 18.6 Å².